The summed E-state index contributed by atoms with van der Waals surface area (Å²) in [4.78, 5) is 3.94. The summed E-state index contributed by atoms with van der Waals surface area (Å²) in [5.41, 5.74) is 0.272. The van der Waals surface area contributed by atoms with E-state index < -0.39 is 6.43 Å². The monoisotopic (exact) mass is 242 g/mol. The Hall–Kier alpha value is -1.49. The van der Waals surface area contributed by atoms with Crippen molar-refractivity contribution in [3.63, 3.8) is 0 Å². The molecule has 0 fully saturated rings. The molecule has 0 N–H and O–H groups in total. The predicted octanol–water partition coefficient (Wildman–Crippen LogP) is 2.97. The molecule has 0 unspecified atom stereocenters. The van der Waals surface area contributed by atoms with E-state index in [1.807, 2.05) is 0 Å². The van der Waals surface area contributed by atoms with E-state index in [9.17, 15) is 8.78 Å². The lowest BCUT2D eigenvalue weighted by Crippen LogP contribution is -2.02. The van der Waals surface area contributed by atoms with Gasteiger partial charge < -0.3 is 0 Å². The van der Waals surface area contributed by atoms with Gasteiger partial charge in [0.1, 0.15) is 10.8 Å². The van der Waals surface area contributed by atoms with Crippen molar-refractivity contribution in [1.82, 2.24) is 14.8 Å². The maximum Gasteiger partial charge on any atom is 0.282 e. The van der Waals surface area contributed by atoms with E-state index in [1.54, 1.807) is 19.1 Å². The first kappa shape index (κ1) is 11.0. The van der Waals surface area contributed by atoms with Gasteiger partial charge in [-0.25, -0.2) is 18.4 Å². The lowest BCUT2D eigenvalue weighted by molar-refractivity contribution is 0.145. The first-order chi connectivity index (χ1) is 7.58. The van der Waals surface area contributed by atoms with Crippen LogP contribution >= 0.6 is 11.6 Å². The summed E-state index contributed by atoms with van der Waals surface area (Å²) in [6, 6.07) is 7.20. The highest BCUT2D eigenvalue weighted by Gasteiger charge is 2.14. The van der Waals surface area contributed by atoms with Crippen molar-refractivity contribution >= 4 is 11.6 Å². The summed E-state index contributed by atoms with van der Waals surface area (Å²) in [6.07, 6.45) is -2.60. The zero-order valence-corrected chi connectivity index (χ0v) is 9.04. The maximum atomic E-state index is 12.4. The second-order valence-corrected chi connectivity index (χ2v) is 3.55. The molecule has 1 radical (unpaired) electrons. The van der Waals surface area contributed by atoms with E-state index in [0.717, 1.165) is 0 Å². The first-order valence-electron chi connectivity index (χ1n) is 4.47. The van der Waals surface area contributed by atoms with Crippen molar-refractivity contribution in [2.75, 3.05) is 0 Å². The number of rotatable bonds is 2. The highest BCUT2D eigenvalue weighted by atomic mass is 35.5. The van der Waals surface area contributed by atoms with Crippen LogP contribution in [0, 0.1) is 13.0 Å². The fourth-order valence-corrected chi connectivity index (χ4v) is 1.43. The Balaban J connectivity index is 2.48. The third kappa shape index (κ3) is 2.04. The van der Waals surface area contributed by atoms with Gasteiger partial charge in [0.25, 0.3) is 6.43 Å². The van der Waals surface area contributed by atoms with Crippen molar-refractivity contribution in [1.29, 1.82) is 0 Å². The number of aryl methyl sites for hydroxylation is 1. The average Bonchev–Trinajstić information content (AvgIpc) is 2.60. The van der Waals surface area contributed by atoms with E-state index >= 15 is 0 Å². The Labute approximate surface area is 95.7 Å². The Bertz CT molecular complexity index is 511. The van der Waals surface area contributed by atoms with Crippen LogP contribution < -0.4 is 0 Å². The SMILES string of the molecule is Cc1cc(C(F)F)nn1-c1[c]ccc(Cl)n1. The molecular formula is C10H7ClF2N3. The molecule has 0 aliphatic carbocycles. The molecule has 6 heteroatoms. The van der Waals surface area contributed by atoms with Crippen LogP contribution in [-0.2, 0) is 0 Å². The predicted molar refractivity (Wildman–Crippen MR) is 54.9 cm³/mol. The molecule has 0 spiro atoms. The highest BCUT2D eigenvalue weighted by molar-refractivity contribution is 6.29. The lowest BCUT2D eigenvalue weighted by atomic mass is 10.4. The lowest BCUT2D eigenvalue weighted by Gasteiger charge is -2.02. The number of hydrogen-bond acceptors (Lipinski definition) is 2. The fraction of sp³-hybridized carbons (Fsp3) is 0.200. The molecule has 0 saturated heterocycles. The van der Waals surface area contributed by atoms with Crippen LogP contribution in [0.3, 0.4) is 0 Å². The van der Waals surface area contributed by atoms with Crippen LogP contribution in [-0.4, -0.2) is 14.8 Å². The number of pyridine rings is 1. The minimum absolute atomic E-state index is 0.266. The standard InChI is InChI=1S/C10H7ClF2N3/c1-6-5-7(10(12)13)15-16(6)9-4-2-3-8(11)14-9/h2-3,5,10H,1H3. The van der Waals surface area contributed by atoms with Crippen molar-refractivity contribution in [3.05, 3.63) is 40.8 Å². The van der Waals surface area contributed by atoms with Crippen LogP contribution in [0.4, 0.5) is 8.78 Å². The molecule has 0 atom stereocenters. The third-order valence-corrected chi connectivity index (χ3v) is 2.19. The van der Waals surface area contributed by atoms with Crippen molar-refractivity contribution in [2.45, 2.75) is 13.3 Å². The van der Waals surface area contributed by atoms with Crippen LogP contribution in [0.25, 0.3) is 5.82 Å². The number of hydrogen-bond donors (Lipinski definition) is 0. The molecule has 0 aromatic carbocycles. The maximum absolute atomic E-state index is 12.4. The summed E-state index contributed by atoms with van der Waals surface area (Å²) in [5, 5.41) is 4.00. The third-order valence-electron chi connectivity index (χ3n) is 1.98. The zero-order chi connectivity index (χ0) is 11.7. The zero-order valence-electron chi connectivity index (χ0n) is 8.28. The van der Waals surface area contributed by atoms with Gasteiger partial charge in [-0.15, -0.1) is 0 Å². The molecular weight excluding hydrogens is 236 g/mol. The summed E-state index contributed by atoms with van der Waals surface area (Å²) in [6.45, 7) is 1.66. The summed E-state index contributed by atoms with van der Waals surface area (Å²) in [5.74, 6) is 0.303. The molecule has 16 heavy (non-hydrogen) atoms. The highest BCUT2D eigenvalue weighted by Crippen LogP contribution is 2.20. The molecule has 2 aromatic heterocycles. The van der Waals surface area contributed by atoms with E-state index in [0.29, 0.717) is 11.5 Å². The van der Waals surface area contributed by atoms with Gasteiger partial charge in [-0.3, -0.25) is 0 Å². The minimum atomic E-state index is -2.60. The van der Waals surface area contributed by atoms with Crippen LogP contribution in [0.5, 0.6) is 0 Å². The quantitative estimate of drug-likeness (QED) is 0.758. The molecule has 0 saturated carbocycles. The van der Waals surface area contributed by atoms with Gasteiger partial charge in [0.05, 0.1) is 0 Å². The summed E-state index contributed by atoms with van der Waals surface area (Å²) >= 11 is 5.70. The molecule has 3 nitrogen and oxygen atoms in total. The molecule has 0 aliphatic rings. The molecule has 2 heterocycles. The van der Waals surface area contributed by atoms with Gasteiger partial charge in [0, 0.05) is 11.8 Å². The molecule has 2 aromatic rings. The van der Waals surface area contributed by atoms with Crippen LogP contribution in [0.15, 0.2) is 18.2 Å². The van der Waals surface area contributed by atoms with Gasteiger partial charge >= 0.3 is 0 Å². The Morgan fingerprint density at radius 1 is 1.50 bits per heavy atom. The Morgan fingerprint density at radius 3 is 2.81 bits per heavy atom. The molecule has 83 valence electrons. The molecule has 0 amide bonds. The minimum Gasteiger partial charge on any atom is -0.219 e. The van der Waals surface area contributed by atoms with E-state index in [1.165, 1.54) is 10.7 Å². The summed E-state index contributed by atoms with van der Waals surface area (Å²) in [7, 11) is 0. The fourth-order valence-electron chi connectivity index (χ4n) is 1.28. The van der Waals surface area contributed by atoms with Gasteiger partial charge in [-0.2, -0.15) is 5.10 Å². The number of nitrogens with zero attached hydrogens (tertiary/aromatic N) is 3. The van der Waals surface area contributed by atoms with Crippen molar-refractivity contribution in [2.24, 2.45) is 0 Å². The van der Waals surface area contributed by atoms with Crippen LogP contribution in [0.1, 0.15) is 17.8 Å². The topological polar surface area (TPSA) is 30.7 Å². The second kappa shape index (κ2) is 4.17. The van der Waals surface area contributed by atoms with Gasteiger partial charge in [0.15, 0.2) is 5.82 Å². The van der Waals surface area contributed by atoms with E-state index in [4.69, 9.17) is 11.6 Å². The summed E-state index contributed by atoms with van der Waals surface area (Å²) < 4.78 is 26.1. The van der Waals surface area contributed by atoms with E-state index in [-0.39, 0.29) is 10.8 Å². The number of aromatic nitrogens is 3. The average molecular weight is 243 g/mol. The Kier molecular flexibility index (Phi) is 2.87. The number of halogens is 3. The largest absolute Gasteiger partial charge is 0.282 e. The first-order valence-corrected chi connectivity index (χ1v) is 4.85. The van der Waals surface area contributed by atoms with Crippen molar-refractivity contribution < 1.29 is 8.78 Å². The molecule has 0 bridgehead atoms. The smallest absolute Gasteiger partial charge is 0.219 e. The van der Waals surface area contributed by atoms with Crippen LogP contribution in [0.2, 0.25) is 5.15 Å². The van der Waals surface area contributed by atoms with Gasteiger partial charge in [0.2, 0.25) is 0 Å². The molecule has 0 aliphatic heterocycles. The molecule has 2 rings (SSSR count). The second-order valence-electron chi connectivity index (χ2n) is 3.16. The Morgan fingerprint density at radius 2 is 2.25 bits per heavy atom. The van der Waals surface area contributed by atoms with Gasteiger partial charge in [-0.05, 0) is 25.1 Å². The normalized spacial score (nSPS) is 11.1. The van der Waals surface area contributed by atoms with Crippen molar-refractivity contribution in [3.8, 4) is 5.82 Å². The van der Waals surface area contributed by atoms with Gasteiger partial charge in [-0.1, -0.05) is 11.6 Å². The number of alkyl halides is 2. The van der Waals surface area contributed by atoms with E-state index in [2.05, 4.69) is 16.1 Å².